The zero-order chi connectivity index (χ0) is 18.4. The van der Waals surface area contributed by atoms with Gasteiger partial charge in [-0.25, -0.2) is 4.79 Å². The van der Waals surface area contributed by atoms with Crippen molar-refractivity contribution in [1.82, 2.24) is 5.32 Å². The number of anilines is 1. The molecule has 1 saturated carbocycles. The number of hydrogen-bond acceptors (Lipinski definition) is 3. The van der Waals surface area contributed by atoms with Gasteiger partial charge in [0.25, 0.3) is 5.91 Å². The van der Waals surface area contributed by atoms with Crippen LogP contribution in [0.4, 0.5) is 10.5 Å². The molecule has 3 rings (SSSR count). The first-order valence-electron chi connectivity index (χ1n) is 8.70. The normalized spacial score (nSPS) is 19.4. The Morgan fingerprint density at radius 3 is 2.50 bits per heavy atom. The van der Waals surface area contributed by atoms with Crippen LogP contribution in [0, 0.1) is 0 Å². The quantitative estimate of drug-likeness (QED) is 0.755. The second-order valence-electron chi connectivity index (χ2n) is 6.34. The van der Waals surface area contributed by atoms with Crippen molar-refractivity contribution in [1.29, 1.82) is 0 Å². The predicted octanol–water partition coefficient (Wildman–Crippen LogP) is 4.74. The number of hydrogen-bond donors (Lipinski definition) is 2. The van der Waals surface area contributed by atoms with Crippen LogP contribution in [0.15, 0.2) is 59.1 Å². The van der Waals surface area contributed by atoms with Gasteiger partial charge in [0.15, 0.2) is 0 Å². The number of halogens is 1. The maximum Gasteiger partial charge on any atom is 0.411 e. The average Bonchev–Trinajstić information content (AvgIpc) is 2.63. The molecule has 0 heterocycles. The summed E-state index contributed by atoms with van der Waals surface area (Å²) in [5.74, 6) is -0.114. The first kappa shape index (κ1) is 18.5. The number of ether oxygens (including phenoxy) is 1. The highest BCUT2D eigenvalue weighted by atomic mass is 79.9. The summed E-state index contributed by atoms with van der Waals surface area (Å²) < 4.78 is 6.29. The molecule has 26 heavy (non-hydrogen) atoms. The summed E-state index contributed by atoms with van der Waals surface area (Å²) in [7, 11) is 0. The Kier molecular flexibility index (Phi) is 6.28. The van der Waals surface area contributed by atoms with E-state index in [1.54, 1.807) is 6.07 Å². The fourth-order valence-corrected chi connectivity index (χ4v) is 3.58. The van der Waals surface area contributed by atoms with E-state index in [1.807, 2.05) is 48.5 Å². The Morgan fingerprint density at radius 1 is 1.00 bits per heavy atom. The Labute approximate surface area is 161 Å². The highest BCUT2D eigenvalue weighted by Crippen LogP contribution is 2.23. The van der Waals surface area contributed by atoms with Crippen molar-refractivity contribution in [2.45, 2.75) is 37.8 Å². The molecule has 5 nitrogen and oxygen atoms in total. The standard InChI is InChI=1S/C20H21BrN2O3/c21-18-12-5-4-11-17(18)19(24)22-15-9-6-10-16(13-15)26-20(25)23-14-7-2-1-3-8-14/h1-5,7-8,11-12,15-16H,6,9-10,13H2,(H,22,24)(H,23,25)/t15-,16+/m0/s1. The second-order valence-corrected chi connectivity index (χ2v) is 7.19. The molecule has 2 N–H and O–H groups in total. The molecule has 1 fully saturated rings. The molecule has 0 aromatic heterocycles. The molecular weight excluding hydrogens is 396 g/mol. The zero-order valence-electron chi connectivity index (χ0n) is 14.3. The van der Waals surface area contributed by atoms with Crippen molar-refractivity contribution in [3.05, 3.63) is 64.6 Å². The lowest BCUT2D eigenvalue weighted by Gasteiger charge is -2.29. The van der Waals surface area contributed by atoms with Crippen LogP contribution in [0.3, 0.4) is 0 Å². The Bertz CT molecular complexity index is 767. The van der Waals surface area contributed by atoms with Crippen LogP contribution in [0.1, 0.15) is 36.0 Å². The lowest BCUT2D eigenvalue weighted by molar-refractivity contribution is 0.0712. The van der Waals surface area contributed by atoms with Crippen LogP contribution in [0.5, 0.6) is 0 Å². The number of nitrogens with one attached hydrogen (secondary N) is 2. The Morgan fingerprint density at radius 2 is 1.73 bits per heavy atom. The number of carbonyl (C=O) groups is 2. The van der Waals surface area contributed by atoms with Crippen molar-refractivity contribution in [3.8, 4) is 0 Å². The van der Waals surface area contributed by atoms with Crippen LogP contribution >= 0.6 is 15.9 Å². The van der Waals surface area contributed by atoms with E-state index in [1.165, 1.54) is 0 Å². The molecule has 2 aromatic carbocycles. The molecule has 0 saturated heterocycles. The average molecular weight is 417 g/mol. The minimum Gasteiger partial charge on any atom is -0.446 e. The molecule has 2 amide bonds. The lowest BCUT2D eigenvalue weighted by Crippen LogP contribution is -2.41. The van der Waals surface area contributed by atoms with Crippen molar-refractivity contribution < 1.29 is 14.3 Å². The van der Waals surface area contributed by atoms with E-state index in [4.69, 9.17) is 4.74 Å². The van der Waals surface area contributed by atoms with Crippen LogP contribution in [-0.4, -0.2) is 24.1 Å². The van der Waals surface area contributed by atoms with Crippen molar-refractivity contribution in [2.24, 2.45) is 0 Å². The molecule has 1 aliphatic rings. The number of carbonyl (C=O) groups excluding carboxylic acids is 2. The van der Waals surface area contributed by atoms with Gasteiger partial charge >= 0.3 is 6.09 Å². The van der Waals surface area contributed by atoms with E-state index in [0.717, 1.165) is 23.7 Å². The first-order chi connectivity index (χ1) is 12.6. The number of para-hydroxylation sites is 1. The summed E-state index contributed by atoms with van der Waals surface area (Å²) >= 11 is 3.40. The van der Waals surface area contributed by atoms with Gasteiger partial charge in [0.1, 0.15) is 6.10 Å². The van der Waals surface area contributed by atoms with E-state index in [0.29, 0.717) is 17.7 Å². The number of benzene rings is 2. The molecule has 2 aromatic rings. The van der Waals surface area contributed by atoms with Gasteiger partial charge < -0.3 is 10.1 Å². The minimum atomic E-state index is -0.459. The third-order valence-corrected chi connectivity index (χ3v) is 5.07. The number of rotatable bonds is 4. The van der Waals surface area contributed by atoms with Gasteiger partial charge in [0.2, 0.25) is 0 Å². The molecule has 2 atom stereocenters. The van der Waals surface area contributed by atoms with Crippen LogP contribution in [-0.2, 0) is 4.74 Å². The summed E-state index contributed by atoms with van der Waals surface area (Å²) in [6.45, 7) is 0. The molecule has 0 unspecified atom stereocenters. The molecule has 6 heteroatoms. The van der Waals surface area contributed by atoms with E-state index in [9.17, 15) is 9.59 Å². The second kappa shape index (κ2) is 8.85. The Balaban J connectivity index is 1.52. The van der Waals surface area contributed by atoms with Crippen LogP contribution < -0.4 is 10.6 Å². The van der Waals surface area contributed by atoms with Gasteiger partial charge in [-0.05, 0) is 59.5 Å². The molecule has 0 radical (unpaired) electrons. The Hall–Kier alpha value is -2.34. The highest BCUT2D eigenvalue weighted by molar-refractivity contribution is 9.10. The first-order valence-corrected chi connectivity index (χ1v) is 9.49. The minimum absolute atomic E-state index is 0.00196. The van der Waals surface area contributed by atoms with E-state index in [-0.39, 0.29) is 18.1 Å². The third kappa shape index (κ3) is 5.08. The van der Waals surface area contributed by atoms with Gasteiger partial charge in [-0.1, -0.05) is 30.3 Å². The number of amides is 2. The third-order valence-electron chi connectivity index (χ3n) is 4.37. The molecule has 0 bridgehead atoms. The molecule has 0 spiro atoms. The summed E-state index contributed by atoms with van der Waals surface area (Å²) in [5.41, 5.74) is 1.31. The molecular formula is C20H21BrN2O3. The van der Waals surface area contributed by atoms with Crippen molar-refractivity contribution in [3.63, 3.8) is 0 Å². The van der Waals surface area contributed by atoms with Gasteiger partial charge in [-0.2, -0.15) is 0 Å². The fourth-order valence-electron chi connectivity index (χ4n) is 3.11. The summed E-state index contributed by atoms with van der Waals surface area (Å²) in [6.07, 6.45) is 2.57. The maximum absolute atomic E-state index is 12.4. The van der Waals surface area contributed by atoms with E-state index >= 15 is 0 Å². The monoisotopic (exact) mass is 416 g/mol. The lowest BCUT2D eigenvalue weighted by atomic mass is 9.92. The van der Waals surface area contributed by atoms with Crippen LogP contribution in [0.25, 0.3) is 0 Å². The molecule has 0 aliphatic heterocycles. The van der Waals surface area contributed by atoms with Crippen LogP contribution in [0.2, 0.25) is 0 Å². The van der Waals surface area contributed by atoms with Gasteiger partial charge in [0, 0.05) is 22.6 Å². The highest BCUT2D eigenvalue weighted by Gasteiger charge is 2.26. The SMILES string of the molecule is O=C(Nc1ccccc1)O[C@@H]1CCC[C@H](NC(=O)c2ccccc2Br)C1. The van der Waals surface area contributed by atoms with Gasteiger partial charge in [-0.3, -0.25) is 10.1 Å². The summed E-state index contributed by atoms with van der Waals surface area (Å²) in [6, 6.07) is 16.5. The smallest absolute Gasteiger partial charge is 0.411 e. The summed E-state index contributed by atoms with van der Waals surface area (Å²) in [4.78, 5) is 24.5. The fraction of sp³-hybridized carbons (Fsp3) is 0.300. The van der Waals surface area contributed by atoms with Crippen molar-refractivity contribution >= 4 is 33.6 Å². The van der Waals surface area contributed by atoms with Gasteiger partial charge in [0.05, 0.1) is 5.56 Å². The predicted molar refractivity (Wildman–Crippen MR) is 104 cm³/mol. The largest absolute Gasteiger partial charge is 0.446 e. The van der Waals surface area contributed by atoms with Gasteiger partial charge in [-0.15, -0.1) is 0 Å². The molecule has 136 valence electrons. The maximum atomic E-state index is 12.4. The topological polar surface area (TPSA) is 67.4 Å². The summed E-state index contributed by atoms with van der Waals surface area (Å²) in [5, 5.41) is 5.77. The zero-order valence-corrected chi connectivity index (χ0v) is 15.9. The van der Waals surface area contributed by atoms with Crippen molar-refractivity contribution in [2.75, 3.05) is 5.32 Å². The van der Waals surface area contributed by atoms with E-state index < -0.39 is 6.09 Å². The van der Waals surface area contributed by atoms with E-state index in [2.05, 4.69) is 26.6 Å². The molecule has 1 aliphatic carbocycles.